The van der Waals surface area contributed by atoms with Crippen LogP contribution in [0, 0.1) is 0 Å². The summed E-state index contributed by atoms with van der Waals surface area (Å²) in [5, 5.41) is 2.34. The van der Waals surface area contributed by atoms with Crippen molar-refractivity contribution in [3.05, 3.63) is 42.0 Å². The summed E-state index contributed by atoms with van der Waals surface area (Å²) in [5.41, 5.74) is 1.21. The fraction of sp³-hybridized carbons (Fsp3) is 0.312. The summed E-state index contributed by atoms with van der Waals surface area (Å²) in [4.78, 5) is 11.2. The molecule has 0 unspecified atom stereocenters. The van der Waals surface area contributed by atoms with Gasteiger partial charge in [-0.15, -0.1) is 0 Å². The molecule has 2 heteroatoms. The lowest BCUT2D eigenvalue weighted by molar-refractivity contribution is -0.117. The van der Waals surface area contributed by atoms with Gasteiger partial charge in [0.2, 0.25) is 0 Å². The van der Waals surface area contributed by atoms with Crippen molar-refractivity contribution in [3.63, 3.8) is 0 Å². The molecule has 2 aromatic carbocycles. The van der Waals surface area contributed by atoms with Crippen LogP contribution in [0.25, 0.3) is 10.8 Å². The van der Waals surface area contributed by atoms with Crippen molar-refractivity contribution in [1.82, 2.24) is 0 Å². The van der Waals surface area contributed by atoms with Gasteiger partial charge < -0.3 is 9.53 Å². The van der Waals surface area contributed by atoms with E-state index in [4.69, 9.17) is 4.74 Å². The van der Waals surface area contributed by atoms with Gasteiger partial charge in [0.15, 0.2) is 0 Å². The van der Waals surface area contributed by atoms with E-state index in [1.807, 2.05) is 12.1 Å². The van der Waals surface area contributed by atoms with Gasteiger partial charge in [0.25, 0.3) is 0 Å². The number of fused-ring (bicyclic) bond motifs is 1. The molecule has 2 rings (SSSR count). The molecule has 0 radical (unpaired) electrons. The van der Waals surface area contributed by atoms with Crippen LogP contribution in [0.15, 0.2) is 36.4 Å². The third-order valence-corrected chi connectivity index (χ3v) is 3.23. The van der Waals surface area contributed by atoms with Crippen LogP contribution < -0.4 is 4.74 Å². The molecule has 0 heterocycles. The van der Waals surface area contributed by atoms with E-state index in [1.165, 1.54) is 10.9 Å². The Kier molecular flexibility index (Phi) is 3.66. The quantitative estimate of drug-likeness (QED) is 0.812. The Balaban J connectivity index is 2.35. The maximum atomic E-state index is 11.2. The van der Waals surface area contributed by atoms with Gasteiger partial charge in [-0.1, -0.05) is 31.2 Å². The Bertz CT molecular complexity index is 572. The van der Waals surface area contributed by atoms with Crippen LogP contribution in [0.4, 0.5) is 0 Å². The molecule has 0 aliphatic heterocycles. The summed E-state index contributed by atoms with van der Waals surface area (Å²) in [6.45, 7) is 3.73. The van der Waals surface area contributed by atoms with Crippen molar-refractivity contribution >= 4 is 16.6 Å². The van der Waals surface area contributed by atoms with Crippen molar-refractivity contribution in [2.24, 2.45) is 0 Å². The zero-order valence-electron chi connectivity index (χ0n) is 11.1. The number of methoxy groups -OCH3 is 1. The molecule has 2 nitrogen and oxygen atoms in total. The topological polar surface area (TPSA) is 26.3 Å². The van der Waals surface area contributed by atoms with Gasteiger partial charge >= 0.3 is 0 Å². The highest BCUT2D eigenvalue weighted by Gasteiger charge is 2.08. The molecular weight excluding hydrogens is 224 g/mol. The SMILES string of the molecule is COc1ccc2cc([C@H](C)CC(C)=O)ccc2c1. The van der Waals surface area contributed by atoms with Gasteiger partial charge in [-0.3, -0.25) is 0 Å². The number of carbonyl (C=O) groups is 1. The zero-order chi connectivity index (χ0) is 13.1. The molecular formula is C16H18O2. The first kappa shape index (κ1) is 12.6. The second kappa shape index (κ2) is 5.21. The molecule has 2 aromatic rings. The molecule has 0 spiro atoms. The standard InChI is InChI=1S/C16H18O2/c1-11(8-12(2)17)13-4-5-15-10-16(18-3)7-6-14(15)9-13/h4-7,9-11H,8H2,1-3H3/t11-/m1/s1. The smallest absolute Gasteiger partial charge is 0.130 e. The Labute approximate surface area is 108 Å². The highest BCUT2D eigenvalue weighted by Crippen LogP contribution is 2.26. The minimum absolute atomic E-state index is 0.234. The molecule has 0 saturated heterocycles. The van der Waals surface area contributed by atoms with Gasteiger partial charge in [0.1, 0.15) is 11.5 Å². The lowest BCUT2D eigenvalue weighted by Crippen LogP contribution is -2.00. The van der Waals surface area contributed by atoms with E-state index in [2.05, 4.69) is 31.2 Å². The maximum absolute atomic E-state index is 11.2. The van der Waals surface area contributed by atoms with Crippen molar-refractivity contribution in [1.29, 1.82) is 0 Å². The Morgan fingerprint density at radius 1 is 1.17 bits per heavy atom. The third-order valence-electron chi connectivity index (χ3n) is 3.23. The van der Waals surface area contributed by atoms with E-state index in [9.17, 15) is 4.79 Å². The molecule has 0 aliphatic rings. The number of hydrogen-bond donors (Lipinski definition) is 0. The minimum atomic E-state index is 0.234. The molecule has 0 aliphatic carbocycles. The van der Waals surface area contributed by atoms with Crippen LogP contribution in [0.3, 0.4) is 0 Å². The zero-order valence-corrected chi connectivity index (χ0v) is 11.1. The van der Waals surface area contributed by atoms with Crippen LogP contribution >= 0.6 is 0 Å². The summed E-state index contributed by atoms with van der Waals surface area (Å²) in [6, 6.07) is 12.4. The Morgan fingerprint density at radius 3 is 2.50 bits per heavy atom. The van der Waals surface area contributed by atoms with Gasteiger partial charge in [0, 0.05) is 6.42 Å². The minimum Gasteiger partial charge on any atom is -0.497 e. The van der Waals surface area contributed by atoms with Gasteiger partial charge in [0.05, 0.1) is 7.11 Å². The van der Waals surface area contributed by atoms with Crippen LogP contribution in [-0.2, 0) is 4.79 Å². The number of benzene rings is 2. The highest BCUT2D eigenvalue weighted by molar-refractivity contribution is 5.85. The van der Waals surface area contributed by atoms with E-state index < -0.39 is 0 Å². The predicted octanol–water partition coefficient (Wildman–Crippen LogP) is 3.93. The second-order valence-electron chi connectivity index (χ2n) is 4.78. The van der Waals surface area contributed by atoms with Crippen molar-refractivity contribution in [3.8, 4) is 5.75 Å². The lowest BCUT2D eigenvalue weighted by Gasteiger charge is -2.11. The van der Waals surface area contributed by atoms with Crippen LogP contribution in [0.1, 0.15) is 31.7 Å². The predicted molar refractivity (Wildman–Crippen MR) is 74.2 cm³/mol. The first-order valence-electron chi connectivity index (χ1n) is 6.17. The third kappa shape index (κ3) is 2.70. The molecule has 0 amide bonds. The average Bonchev–Trinajstić information content (AvgIpc) is 2.36. The fourth-order valence-electron chi connectivity index (χ4n) is 2.22. The molecule has 1 atom stereocenters. The molecule has 0 bridgehead atoms. The van der Waals surface area contributed by atoms with Crippen LogP contribution in [-0.4, -0.2) is 12.9 Å². The first-order chi connectivity index (χ1) is 8.60. The summed E-state index contributed by atoms with van der Waals surface area (Å²) in [6.07, 6.45) is 0.599. The molecule has 0 aromatic heterocycles. The fourth-order valence-corrected chi connectivity index (χ4v) is 2.22. The summed E-state index contributed by atoms with van der Waals surface area (Å²) in [5.74, 6) is 1.37. The highest BCUT2D eigenvalue weighted by atomic mass is 16.5. The molecule has 0 fully saturated rings. The second-order valence-corrected chi connectivity index (χ2v) is 4.78. The Hall–Kier alpha value is -1.83. The van der Waals surface area contributed by atoms with E-state index in [-0.39, 0.29) is 11.7 Å². The van der Waals surface area contributed by atoms with Crippen LogP contribution in [0.5, 0.6) is 5.75 Å². The lowest BCUT2D eigenvalue weighted by atomic mass is 9.94. The van der Waals surface area contributed by atoms with Crippen molar-refractivity contribution in [2.45, 2.75) is 26.2 Å². The molecule has 18 heavy (non-hydrogen) atoms. The van der Waals surface area contributed by atoms with Gasteiger partial charge in [-0.25, -0.2) is 0 Å². The summed E-state index contributed by atoms with van der Waals surface area (Å²) < 4.78 is 5.21. The molecule has 0 N–H and O–H groups in total. The number of ketones is 1. The summed E-state index contributed by atoms with van der Waals surface area (Å²) >= 11 is 0. The first-order valence-corrected chi connectivity index (χ1v) is 6.17. The number of carbonyl (C=O) groups excluding carboxylic acids is 1. The Morgan fingerprint density at radius 2 is 1.83 bits per heavy atom. The number of ether oxygens (including phenoxy) is 1. The number of Topliss-reactive ketones (excluding diaryl/α,β-unsaturated/α-hetero) is 1. The van der Waals surface area contributed by atoms with Crippen molar-refractivity contribution in [2.75, 3.05) is 7.11 Å². The van der Waals surface area contributed by atoms with Crippen LogP contribution in [0.2, 0.25) is 0 Å². The average molecular weight is 242 g/mol. The maximum Gasteiger partial charge on any atom is 0.130 e. The van der Waals surface area contributed by atoms with E-state index in [0.717, 1.165) is 11.1 Å². The number of rotatable bonds is 4. The van der Waals surface area contributed by atoms with Gasteiger partial charge in [-0.05, 0) is 41.3 Å². The largest absolute Gasteiger partial charge is 0.497 e. The van der Waals surface area contributed by atoms with E-state index in [1.54, 1.807) is 14.0 Å². The van der Waals surface area contributed by atoms with E-state index in [0.29, 0.717) is 6.42 Å². The number of hydrogen-bond acceptors (Lipinski definition) is 2. The normalized spacial score (nSPS) is 12.4. The van der Waals surface area contributed by atoms with E-state index >= 15 is 0 Å². The summed E-state index contributed by atoms with van der Waals surface area (Å²) in [7, 11) is 1.67. The monoisotopic (exact) mass is 242 g/mol. The van der Waals surface area contributed by atoms with Gasteiger partial charge in [-0.2, -0.15) is 0 Å². The van der Waals surface area contributed by atoms with Crippen molar-refractivity contribution < 1.29 is 9.53 Å². The molecule has 0 saturated carbocycles. The molecule has 94 valence electrons.